The van der Waals surface area contributed by atoms with Gasteiger partial charge < -0.3 is 19.7 Å². The minimum atomic E-state index is -0.00953. The summed E-state index contributed by atoms with van der Waals surface area (Å²) in [5, 5.41) is 3.11. The molecule has 1 rings (SSSR count). The predicted molar refractivity (Wildman–Crippen MR) is 82.7 cm³/mol. The van der Waals surface area contributed by atoms with Gasteiger partial charge in [0.15, 0.2) is 0 Å². The number of carbonyl (C=O) groups excluding carboxylic acids is 1. The van der Waals surface area contributed by atoms with E-state index in [1.807, 2.05) is 6.92 Å². The van der Waals surface area contributed by atoms with Gasteiger partial charge in [-0.1, -0.05) is 0 Å². The molecule has 0 saturated carbocycles. The lowest BCUT2D eigenvalue weighted by Gasteiger charge is -2.22. The molecule has 1 aromatic heterocycles. The van der Waals surface area contributed by atoms with E-state index in [2.05, 4.69) is 10.3 Å². The van der Waals surface area contributed by atoms with Crippen molar-refractivity contribution in [3.05, 3.63) is 23.9 Å². The van der Waals surface area contributed by atoms with E-state index >= 15 is 0 Å². The highest BCUT2D eigenvalue weighted by Crippen LogP contribution is 2.10. The highest BCUT2D eigenvalue weighted by atomic mass is 16.5. The maximum atomic E-state index is 12.6. The molecule has 0 spiro atoms. The van der Waals surface area contributed by atoms with E-state index in [4.69, 9.17) is 9.47 Å². The van der Waals surface area contributed by atoms with Crippen molar-refractivity contribution in [3.8, 4) is 0 Å². The second-order valence-electron chi connectivity index (χ2n) is 4.59. The number of carbonyl (C=O) groups is 1. The Balaban J connectivity index is 2.74. The lowest BCUT2D eigenvalue weighted by atomic mass is 10.2. The Morgan fingerprint density at radius 3 is 2.71 bits per heavy atom. The first-order chi connectivity index (χ1) is 10.2. The predicted octanol–water partition coefficient (Wildman–Crippen LogP) is 1.64. The zero-order valence-corrected chi connectivity index (χ0v) is 13.1. The number of methoxy groups -OCH3 is 2. The molecule has 0 aliphatic rings. The number of aromatic nitrogens is 1. The van der Waals surface area contributed by atoms with Crippen LogP contribution in [-0.4, -0.2) is 62.9 Å². The Hall–Kier alpha value is -1.66. The fourth-order valence-corrected chi connectivity index (χ4v) is 1.94. The minimum absolute atomic E-state index is 0.00953. The number of ether oxygens (including phenoxy) is 2. The fraction of sp³-hybridized carbons (Fsp3) is 0.600. The van der Waals surface area contributed by atoms with Crippen molar-refractivity contribution in [2.24, 2.45) is 0 Å². The Morgan fingerprint density at radius 1 is 1.29 bits per heavy atom. The van der Waals surface area contributed by atoms with Crippen LogP contribution >= 0.6 is 0 Å². The van der Waals surface area contributed by atoms with Crippen LogP contribution in [0.5, 0.6) is 0 Å². The van der Waals surface area contributed by atoms with Gasteiger partial charge in [-0.2, -0.15) is 0 Å². The van der Waals surface area contributed by atoms with Gasteiger partial charge in [0, 0.05) is 52.2 Å². The van der Waals surface area contributed by atoms with Crippen molar-refractivity contribution in [1.29, 1.82) is 0 Å². The van der Waals surface area contributed by atoms with Crippen LogP contribution in [0.1, 0.15) is 23.7 Å². The highest BCUT2D eigenvalue weighted by Gasteiger charge is 2.15. The first-order valence-corrected chi connectivity index (χ1v) is 7.20. The molecule has 0 atom stereocenters. The fourth-order valence-electron chi connectivity index (χ4n) is 1.94. The summed E-state index contributed by atoms with van der Waals surface area (Å²) in [5.74, 6) is 0.705. The third kappa shape index (κ3) is 6.10. The normalized spacial score (nSPS) is 10.4. The maximum absolute atomic E-state index is 12.6. The molecule has 0 radical (unpaired) electrons. The zero-order valence-electron chi connectivity index (χ0n) is 13.1. The third-order valence-corrected chi connectivity index (χ3v) is 2.99. The molecule has 1 N–H and O–H groups in total. The van der Waals surface area contributed by atoms with Gasteiger partial charge >= 0.3 is 0 Å². The number of nitrogens with one attached hydrogen (secondary N) is 1. The summed E-state index contributed by atoms with van der Waals surface area (Å²) < 4.78 is 10.1. The van der Waals surface area contributed by atoms with Gasteiger partial charge in [0.25, 0.3) is 5.91 Å². The van der Waals surface area contributed by atoms with Crippen molar-refractivity contribution in [2.45, 2.75) is 13.3 Å². The monoisotopic (exact) mass is 295 g/mol. The molecule has 118 valence electrons. The summed E-state index contributed by atoms with van der Waals surface area (Å²) in [6, 6.07) is 3.52. The molecule has 0 unspecified atom stereocenters. The first-order valence-electron chi connectivity index (χ1n) is 7.20. The number of pyridine rings is 1. The van der Waals surface area contributed by atoms with Crippen molar-refractivity contribution in [2.75, 3.05) is 52.4 Å². The average Bonchev–Trinajstić information content (AvgIpc) is 2.51. The van der Waals surface area contributed by atoms with Crippen molar-refractivity contribution < 1.29 is 14.3 Å². The molecule has 1 amide bonds. The van der Waals surface area contributed by atoms with E-state index in [0.717, 1.165) is 13.0 Å². The summed E-state index contributed by atoms with van der Waals surface area (Å²) in [6.07, 6.45) is 2.45. The van der Waals surface area contributed by atoms with E-state index in [1.165, 1.54) is 0 Å². The summed E-state index contributed by atoms with van der Waals surface area (Å²) in [6.45, 7) is 5.13. The molecule has 0 fully saturated rings. The molecule has 0 aliphatic carbocycles. The highest BCUT2D eigenvalue weighted by molar-refractivity contribution is 5.94. The van der Waals surface area contributed by atoms with Gasteiger partial charge in [-0.3, -0.25) is 4.79 Å². The number of hydrogen-bond donors (Lipinski definition) is 1. The molecule has 1 heterocycles. The second-order valence-corrected chi connectivity index (χ2v) is 4.59. The number of rotatable bonds is 10. The molecule has 1 aromatic rings. The van der Waals surface area contributed by atoms with Gasteiger partial charge in [-0.25, -0.2) is 4.98 Å². The Labute approximate surface area is 126 Å². The van der Waals surface area contributed by atoms with Crippen molar-refractivity contribution in [3.63, 3.8) is 0 Å². The Morgan fingerprint density at radius 2 is 2.05 bits per heavy atom. The van der Waals surface area contributed by atoms with Crippen LogP contribution < -0.4 is 5.32 Å². The summed E-state index contributed by atoms with van der Waals surface area (Å²) >= 11 is 0. The van der Waals surface area contributed by atoms with Crippen LogP contribution in [0, 0.1) is 0 Å². The van der Waals surface area contributed by atoms with Crippen LogP contribution in [0.4, 0.5) is 5.82 Å². The van der Waals surface area contributed by atoms with E-state index in [0.29, 0.717) is 37.7 Å². The van der Waals surface area contributed by atoms with Gasteiger partial charge in [-0.05, 0) is 25.5 Å². The van der Waals surface area contributed by atoms with E-state index in [1.54, 1.807) is 37.4 Å². The summed E-state index contributed by atoms with van der Waals surface area (Å²) in [4.78, 5) is 18.5. The third-order valence-electron chi connectivity index (χ3n) is 2.99. The van der Waals surface area contributed by atoms with Crippen LogP contribution in [0.3, 0.4) is 0 Å². The molecule has 21 heavy (non-hydrogen) atoms. The molecule has 0 bridgehead atoms. The van der Waals surface area contributed by atoms with Crippen molar-refractivity contribution in [1.82, 2.24) is 9.88 Å². The van der Waals surface area contributed by atoms with Gasteiger partial charge in [0.1, 0.15) is 5.82 Å². The smallest absolute Gasteiger partial charge is 0.254 e. The largest absolute Gasteiger partial charge is 0.385 e. The Bertz CT molecular complexity index is 426. The second kappa shape index (κ2) is 10.1. The molecular weight excluding hydrogens is 270 g/mol. The average molecular weight is 295 g/mol. The molecular formula is C15H25N3O3. The van der Waals surface area contributed by atoms with Gasteiger partial charge in [0.2, 0.25) is 0 Å². The van der Waals surface area contributed by atoms with Crippen LogP contribution in [0.15, 0.2) is 18.3 Å². The number of anilines is 1. The summed E-state index contributed by atoms with van der Waals surface area (Å²) in [5.41, 5.74) is 0.634. The van der Waals surface area contributed by atoms with Crippen LogP contribution in [0.2, 0.25) is 0 Å². The summed E-state index contributed by atoms with van der Waals surface area (Å²) in [7, 11) is 3.29. The number of nitrogens with zero attached hydrogens (tertiary/aromatic N) is 2. The van der Waals surface area contributed by atoms with Crippen LogP contribution in [-0.2, 0) is 9.47 Å². The maximum Gasteiger partial charge on any atom is 0.254 e. The molecule has 0 aliphatic heterocycles. The molecule has 6 heteroatoms. The standard InChI is InChI=1S/C15H25N3O3/c1-4-16-14-12-13(6-7-17-14)15(19)18(9-11-21-3)8-5-10-20-2/h6-7,12H,4-5,8-11H2,1-3H3,(H,16,17). The quantitative estimate of drug-likeness (QED) is 0.665. The topological polar surface area (TPSA) is 63.7 Å². The SMILES string of the molecule is CCNc1cc(C(=O)N(CCCOC)CCOC)ccn1. The molecule has 6 nitrogen and oxygen atoms in total. The lowest BCUT2D eigenvalue weighted by molar-refractivity contribution is 0.0674. The Kier molecular flexibility index (Phi) is 8.38. The molecule has 0 saturated heterocycles. The van der Waals surface area contributed by atoms with Crippen LogP contribution in [0.25, 0.3) is 0 Å². The number of hydrogen-bond acceptors (Lipinski definition) is 5. The minimum Gasteiger partial charge on any atom is -0.385 e. The number of amides is 1. The zero-order chi connectivity index (χ0) is 15.5. The molecule has 0 aromatic carbocycles. The van der Waals surface area contributed by atoms with Gasteiger partial charge in [-0.15, -0.1) is 0 Å². The van der Waals surface area contributed by atoms with Crippen molar-refractivity contribution >= 4 is 11.7 Å². The van der Waals surface area contributed by atoms with Gasteiger partial charge in [0.05, 0.1) is 6.61 Å². The first kappa shape index (κ1) is 17.4. The lowest BCUT2D eigenvalue weighted by Crippen LogP contribution is -2.35. The van der Waals surface area contributed by atoms with E-state index < -0.39 is 0 Å². The van der Waals surface area contributed by atoms with E-state index in [-0.39, 0.29) is 5.91 Å². The van der Waals surface area contributed by atoms with E-state index in [9.17, 15) is 4.79 Å².